The fraction of sp³-hybridized carbons (Fsp3) is 0.0909. The molecule has 0 aliphatic carbocycles. The smallest absolute Gasteiger partial charge is 1.00 e. The number of hydrogen-bond acceptors (Lipinski definition) is 2. The molecule has 0 saturated heterocycles. The van der Waals surface area contributed by atoms with Crippen molar-refractivity contribution in [2.24, 2.45) is 0 Å². The van der Waals surface area contributed by atoms with E-state index in [0.717, 1.165) is 5.08 Å². The molecule has 2 aromatic heterocycles. The summed E-state index contributed by atoms with van der Waals surface area (Å²) in [6.07, 6.45) is 7.80. The Labute approximate surface area is 163 Å². The Kier molecular flexibility index (Phi) is 25.5. The van der Waals surface area contributed by atoms with Crippen LogP contribution in [0.4, 0.5) is 0 Å². The monoisotopic (exact) mass is 439 g/mol. The largest absolute Gasteiger partial charge is 2.00 e. The van der Waals surface area contributed by atoms with Crippen LogP contribution in [-0.4, -0.2) is 5.08 Å². The molecule has 0 aliphatic heterocycles. The number of pyridine rings is 2. The van der Waals surface area contributed by atoms with Gasteiger partial charge in [0.1, 0.15) is 0 Å². The standard InChI is InChI=1S/C11H10N2S2.4ClH.Cu/c1-5-12-6-2-10(1)14-9-15-11-3-7-13-8-4-11;;;;;/h1-8H,9H2;4*1H;/q;;;;;+2/p-2. The first-order valence-corrected chi connectivity index (χ1v) is 6.60. The molecule has 2 nitrogen and oxygen atoms in total. The summed E-state index contributed by atoms with van der Waals surface area (Å²) in [6.45, 7) is 0. The topological polar surface area (TPSA) is 28.3 Å². The fourth-order valence-electron chi connectivity index (χ4n) is 1.10. The van der Waals surface area contributed by atoms with Crippen molar-refractivity contribution in [3.8, 4) is 0 Å². The van der Waals surface area contributed by atoms with Gasteiger partial charge >= 0.3 is 17.1 Å². The number of H-pyrrole nitrogens is 2. The van der Waals surface area contributed by atoms with Gasteiger partial charge in [0.25, 0.3) is 0 Å². The third kappa shape index (κ3) is 11.4. The Bertz CT molecular complexity index is 372. The Hall–Kier alpha value is 0.679. The van der Waals surface area contributed by atoms with Crippen LogP contribution in [0.1, 0.15) is 0 Å². The number of aromatic nitrogens is 2. The van der Waals surface area contributed by atoms with Crippen LogP contribution >= 0.6 is 23.5 Å². The predicted molar refractivity (Wildman–Crippen MR) is 62.6 cm³/mol. The molecule has 20 heavy (non-hydrogen) atoms. The van der Waals surface area contributed by atoms with Crippen molar-refractivity contribution in [3.05, 3.63) is 49.1 Å². The van der Waals surface area contributed by atoms with E-state index in [-0.39, 0.29) is 66.7 Å². The second-order valence-corrected chi connectivity index (χ2v) is 5.34. The van der Waals surface area contributed by atoms with Crippen LogP contribution < -0.4 is 59.6 Å². The number of thioether (sulfide) groups is 2. The molecule has 0 aromatic carbocycles. The van der Waals surface area contributed by atoms with Crippen molar-refractivity contribution in [1.29, 1.82) is 0 Å². The van der Waals surface area contributed by atoms with E-state index in [1.54, 1.807) is 0 Å². The number of aromatic amines is 2. The van der Waals surface area contributed by atoms with E-state index in [1.165, 1.54) is 9.79 Å². The summed E-state index contributed by atoms with van der Waals surface area (Å²) in [5.41, 5.74) is 0. The Morgan fingerprint density at radius 2 is 0.950 bits per heavy atom. The average molecular weight is 442 g/mol. The molecule has 2 heterocycles. The summed E-state index contributed by atoms with van der Waals surface area (Å²) >= 11 is 3.70. The summed E-state index contributed by atoms with van der Waals surface area (Å²) in [4.78, 5) is 8.62. The summed E-state index contributed by atoms with van der Waals surface area (Å²) < 4.78 is 0. The SMILES string of the molecule is [Cl-].[Cl-].[Cl-].[Cl-].[Cu+2].c1cc(SCSc2cc[nH+]cc2)cc[nH+]1. The van der Waals surface area contributed by atoms with Crippen LogP contribution in [0, 0.1) is 0 Å². The van der Waals surface area contributed by atoms with Crippen molar-refractivity contribution < 1.29 is 76.7 Å². The molecule has 2 aromatic rings. The molecule has 0 unspecified atom stereocenters. The molecule has 9 heteroatoms. The zero-order valence-corrected chi connectivity index (χ0v) is 15.6. The minimum atomic E-state index is 0. The van der Waals surface area contributed by atoms with E-state index in [9.17, 15) is 0 Å². The normalized spacial score (nSPS) is 7.60. The summed E-state index contributed by atoms with van der Waals surface area (Å²) in [6, 6.07) is 8.35. The van der Waals surface area contributed by atoms with Crippen molar-refractivity contribution in [1.82, 2.24) is 0 Å². The third-order valence-corrected chi connectivity index (χ3v) is 3.98. The van der Waals surface area contributed by atoms with Gasteiger partial charge in [0, 0.05) is 39.1 Å². The van der Waals surface area contributed by atoms with Crippen LogP contribution in [-0.2, 0) is 17.1 Å². The zero-order chi connectivity index (χ0) is 10.3. The second-order valence-electron chi connectivity index (χ2n) is 2.88. The molecule has 0 atom stereocenters. The first kappa shape index (κ1) is 28.8. The quantitative estimate of drug-likeness (QED) is 0.268. The number of hydrogen-bond donors (Lipinski definition) is 0. The Morgan fingerprint density at radius 3 is 1.25 bits per heavy atom. The van der Waals surface area contributed by atoms with Gasteiger partial charge < -0.3 is 49.6 Å². The maximum atomic E-state index is 3.02. The van der Waals surface area contributed by atoms with E-state index in [4.69, 9.17) is 0 Å². The molecule has 117 valence electrons. The van der Waals surface area contributed by atoms with Crippen molar-refractivity contribution in [2.45, 2.75) is 9.79 Å². The van der Waals surface area contributed by atoms with Crippen molar-refractivity contribution >= 4 is 23.5 Å². The molecule has 0 fully saturated rings. The van der Waals surface area contributed by atoms with E-state index in [2.05, 4.69) is 34.2 Å². The Balaban J connectivity index is -0.000000256. The fourth-order valence-corrected chi connectivity index (χ4v) is 3.08. The predicted octanol–water partition coefficient (Wildman–Crippen LogP) is -9.83. The molecular formula is C11H12Cl4CuN2S2. The molecule has 1 radical (unpaired) electrons. The minimum Gasteiger partial charge on any atom is -1.00 e. The van der Waals surface area contributed by atoms with Crippen LogP contribution in [0.25, 0.3) is 0 Å². The van der Waals surface area contributed by atoms with Gasteiger partial charge in [-0.05, 0) is 0 Å². The maximum absolute atomic E-state index is 3.02. The van der Waals surface area contributed by atoms with Gasteiger partial charge in [-0.3, -0.25) is 0 Å². The van der Waals surface area contributed by atoms with Crippen molar-refractivity contribution in [3.63, 3.8) is 0 Å². The van der Waals surface area contributed by atoms with Gasteiger partial charge in [0.05, 0.1) is 0 Å². The van der Waals surface area contributed by atoms with Gasteiger partial charge in [0.15, 0.2) is 24.8 Å². The number of rotatable bonds is 4. The minimum absolute atomic E-state index is 0. The van der Waals surface area contributed by atoms with Gasteiger partial charge in [0.2, 0.25) is 0 Å². The molecule has 0 bridgehead atoms. The third-order valence-electron chi connectivity index (χ3n) is 1.83. The van der Waals surface area contributed by atoms with E-state index < -0.39 is 0 Å². The van der Waals surface area contributed by atoms with Crippen LogP contribution in [0.5, 0.6) is 0 Å². The van der Waals surface area contributed by atoms with Gasteiger partial charge in [-0.1, -0.05) is 0 Å². The summed E-state index contributed by atoms with van der Waals surface area (Å²) in [5.74, 6) is 0. The van der Waals surface area contributed by atoms with Crippen LogP contribution in [0.2, 0.25) is 0 Å². The number of nitrogens with one attached hydrogen (secondary N) is 2. The average Bonchev–Trinajstić information content (AvgIpc) is 2.32. The van der Waals surface area contributed by atoms with E-state index >= 15 is 0 Å². The molecule has 0 amide bonds. The van der Waals surface area contributed by atoms with Crippen molar-refractivity contribution in [2.75, 3.05) is 5.08 Å². The zero-order valence-electron chi connectivity index (χ0n) is 9.96. The number of halogens is 4. The molecule has 2 rings (SSSR count). The first-order chi connectivity index (χ1) is 7.45. The van der Waals surface area contributed by atoms with E-state index in [1.807, 2.05) is 48.3 Å². The van der Waals surface area contributed by atoms with E-state index in [0.29, 0.717) is 0 Å². The Morgan fingerprint density at radius 1 is 0.650 bits per heavy atom. The van der Waals surface area contributed by atoms with Gasteiger partial charge in [-0.25, -0.2) is 9.97 Å². The summed E-state index contributed by atoms with van der Waals surface area (Å²) in [7, 11) is 0. The molecular weight excluding hydrogens is 430 g/mol. The second kappa shape index (κ2) is 17.7. The van der Waals surface area contributed by atoms with Crippen LogP contribution in [0.3, 0.4) is 0 Å². The van der Waals surface area contributed by atoms with Gasteiger partial charge in [-0.15, -0.1) is 23.5 Å². The molecule has 2 N–H and O–H groups in total. The summed E-state index contributed by atoms with van der Waals surface area (Å²) in [5, 5.41) is 1.04. The molecule has 0 saturated carbocycles. The molecule has 0 spiro atoms. The molecule has 0 aliphatic rings. The maximum Gasteiger partial charge on any atom is 2.00 e. The first-order valence-electron chi connectivity index (χ1n) is 4.63. The van der Waals surface area contributed by atoms with Crippen LogP contribution in [0.15, 0.2) is 58.8 Å². The van der Waals surface area contributed by atoms with Gasteiger partial charge in [-0.2, -0.15) is 0 Å².